The van der Waals surface area contributed by atoms with E-state index in [4.69, 9.17) is 20.4 Å². The first-order valence-corrected chi connectivity index (χ1v) is 4.05. The summed E-state index contributed by atoms with van der Waals surface area (Å²) in [5.41, 5.74) is 0. The Morgan fingerprint density at radius 3 is 2.14 bits per heavy atom. The monoisotopic (exact) mass is 209 g/mol. The van der Waals surface area contributed by atoms with Crippen LogP contribution in [0.2, 0.25) is 0 Å². The molecule has 1 unspecified atom stereocenters. The van der Waals surface area contributed by atoms with Crippen LogP contribution >= 0.6 is 0 Å². The summed E-state index contributed by atoms with van der Waals surface area (Å²) in [4.78, 5) is 9.85. The van der Waals surface area contributed by atoms with Crippen LogP contribution in [0.1, 0.15) is 6.42 Å². The zero-order valence-electron chi connectivity index (χ0n) is 7.45. The van der Waals surface area contributed by atoms with Crippen molar-refractivity contribution in [3.05, 3.63) is 0 Å². The largest absolute Gasteiger partial charge is 0.394 e. The van der Waals surface area contributed by atoms with Crippen molar-refractivity contribution in [2.24, 2.45) is 0 Å². The van der Waals surface area contributed by atoms with Gasteiger partial charge in [-0.15, -0.1) is 0 Å². The van der Waals surface area contributed by atoms with Crippen LogP contribution in [0.4, 0.5) is 0 Å². The highest BCUT2D eigenvalue weighted by atomic mass is 16.4. The number of hydrogen-bond acceptors (Lipinski definition) is 6. The summed E-state index contributed by atoms with van der Waals surface area (Å²) in [5, 5.41) is 46.6. The summed E-state index contributed by atoms with van der Waals surface area (Å²) < 4.78 is 0. The smallest absolute Gasteiger partial charge is 0.209 e. The second-order valence-corrected chi connectivity index (χ2v) is 2.84. The van der Waals surface area contributed by atoms with Gasteiger partial charge in [0, 0.05) is 6.42 Å². The van der Waals surface area contributed by atoms with E-state index in [0.717, 1.165) is 0 Å². The van der Waals surface area contributed by atoms with Crippen molar-refractivity contribution in [2.75, 3.05) is 6.61 Å². The van der Waals surface area contributed by atoms with Gasteiger partial charge in [0.2, 0.25) is 6.41 Å². The number of carbonyl (C=O) groups excluding carboxylic acids is 1. The number of nitrogens with one attached hydrogen (secondary N) is 1. The third kappa shape index (κ3) is 4.49. The van der Waals surface area contributed by atoms with Gasteiger partial charge in [-0.05, 0) is 0 Å². The normalized spacial score (nSPS) is 19.5. The summed E-state index contributed by atoms with van der Waals surface area (Å²) in [5.74, 6) is 0. The van der Waals surface area contributed by atoms with Crippen molar-refractivity contribution < 1.29 is 30.3 Å². The Balaban J connectivity index is 3.93. The molecule has 0 bridgehead atoms. The third-order valence-corrected chi connectivity index (χ3v) is 1.70. The van der Waals surface area contributed by atoms with Crippen molar-refractivity contribution in [3.8, 4) is 0 Å². The fourth-order valence-electron chi connectivity index (χ4n) is 0.879. The number of aliphatic hydroxyl groups excluding tert-OH is 5. The minimum Gasteiger partial charge on any atom is -0.394 e. The van der Waals surface area contributed by atoms with Gasteiger partial charge in [-0.1, -0.05) is 0 Å². The molecule has 0 aromatic heterocycles. The van der Waals surface area contributed by atoms with Crippen LogP contribution in [-0.4, -0.2) is 63.1 Å². The van der Waals surface area contributed by atoms with Crippen molar-refractivity contribution in [1.82, 2.24) is 5.32 Å². The fourth-order valence-corrected chi connectivity index (χ4v) is 0.879. The number of carbonyl (C=O) groups is 1. The maximum absolute atomic E-state index is 9.85. The Morgan fingerprint density at radius 2 is 1.71 bits per heavy atom. The highest BCUT2D eigenvalue weighted by Gasteiger charge is 2.25. The summed E-state index contributed by atoms with van der Waals surface area (Å²) in [7, 11) is 0. The lowest BCUT2D eigenvalue weighted by Crippen LogP contribution is -2.43. The van der Waals surface area contributed by atoms with E-state index in [-0.39, 0.29) is 12.8 Å². The van der Waals surface area contributed by atoms with Crippen molar-refractivity contribution >= 4 is 6.41 Å². The van der Waals surface area contributed by atoms with Crippen LogP contribution in [0.3, 0.4) is 0 Å². The Kier molecular flexibility index (Phi) is 6.34. The second-order valence-electron chi connectivity index (χ2n) is 2.84. The summed E-state index contributed by atoms with van der Waals surface area (Å²) in [6, 6.07) is 0. The van der Waals surface area contributed by atoms with Gasteiger partial charge in [0.25, 0.3) is 0 Å². The predicted molar refractivity (Wildman–Crippen MR) is 44.9 cm³/mol. The highest BCUT2D eigenvalue weighted by molar-refractivity contribution is 5.46. The molecule has 0 aliphatic rings. The van der Waals surface area contributed by atoms with Crippen LogP contribution in [0.25, 0.3) is 0 Å². The Bertz CT molecular complexity index is 166. The molecule has 0 rings (SSSR count). The first-order valence-electron chi connectivity index (χ1n) is 4.05. The maximum atomic E-state index is 9.85. The topological polar surface area (TPSA) is 130 Å². The second kappa shape index (κ2) is 6.68. The first-order chi connectivity index (χ1) is 6.52. The standard InChI is InChI=1S/C7H15NO6/c9-2-5(12)7(14)4(11)1-6(13)8-3-10/h3-7,9,11-14H,1-2H2,(H,8,10)/t4-,5-,6?,7+/m1/s1. The van der Waals surface area contributed by atoms with Crippen LogP contribution in [0.15, 0.2) is 0 Å². The molecule has 0 saturated carbocycles. The molecule has 0 aromatic carbocycles. The minimum atomic E-state index is -1.57. The Morgan fingerprint density at radius 1 is 1.14 bits per heavy atom. The molecule has 6 N–H and O–H groups in total. The molecule has 7 heteroatoms. The molecule has 0 aliphatic carbocycles. The van der Waals surface area contributed by atoms with Gasteiger partial charge in [0.05, 0.1) is 12.7 Å². The Labute approximate surface area is 80.6 Å². The van der Waals surface area contributed by atoms with Gasteiger partial charge >= 0.3 is 0 Å². The maximum Gasteiger partial charge on any atom is 0.209 e. The third-order valence-electron chi connectivity index (χ3n) is 1.70. The van der Waals surface area contributed by atoms with Gasteiger partial charge in [0.15, 0.2) is 0 Å². The number of rotatable bonds is 7. The molecule has 0 aliphatic heterocycles. The summed E-state index contributed by atoms with van der Waals surface area (Å²) >= 11 is 0. The van der Waals surface area contributed by atoms with E-state index in [1.54, 1.807) is 0 Å². The predicted octanol–water partition coefficient (Wildman–Crippen LogP) is -3.48. The lowest BCUT2D eigenvalue weighted by molar-refractivity contribution is -0.115. The van der Waals surface area contributed by atoms with E-state index in [1.807, 2.05) is 5.32 Å². The molecule has 7 nitrogen and oxygen atoms in total. The van der Waals surface area contributed by atoms with E-state index < -0.39 is 31.1 Å². The Hall–Kier alpha value is -0.730. The molecular formula is C7H15NO6. The zero-order chi connectivity index (χ0) is 11.1. The average Bonchev–Trinajstić information content (AvgIpc) is 2.15. The van der Waals surface area contributed by atoms with Crippen LogP contribution in [0.5, 0.6) is 0 Å². The minimum absolute atomic E-state index is 0.242. The lowest BCUT2D eigenvalue weighted by Gasteiger charge is -2.23. The molecule has 0 radical (unpaired) electrons. The van der Waals surface area contributed by atoms with Gasteiger partial charge < -0.3 is 30.8 Å². The van der Waals surface area contributed by atoms with Crippen LogP contribution in [-0.2, 0) is 4.79 Å². The number of aliphatic hydroxyl groups is 5. The van der Waals surface area contributed by atoms with Gasteiger partial charge in [-0.2, -0.15) is 0 Å². The molecule has 0 aromatic rings. The van der Waals surface area contributed by atoms with E-state index >= 15 is 0 Å². The van der Waals surface area contributed by atoms with Gasteiger partial charge in [-0.3, -0.25) is 4.79 Å². The van der Waals surface area contributed by atoms with Crippen molar-refractivity contribution in [1.29, 1.82) is 0 Å². The molecule has 0 heterocycles. The highest BCUT2D eigenvalue weighted by Crippen LogP contribution is 2.05. The zero-order valence-corrected chi connectivity index (χ0v) is 7.45. The van der Waals surface area contributed by atoms with Gasteiger partial charge in [0.1, 0.15) is 18.4 Å². The lowest BCUT2D eigenvalue weighted by atomic mass is 10.1. The van der Waals surface area contributed by atoms with E-state index in [1.165, 1.54) is 0 Å². The fraction of sp³-hybridized carbons (Fsp3) is 0.857. The SMILES string of the molecule is O=CNC(O)C[C@@H](O)[C@H](O)[C@H](O)CO. The molecule has 84 valence electrons. The van der Waals surface area contributed by atoms with Gasteiger partial charge in [-0.25, -0.2) is 0 Å². The summed E-state index contributed by atoms with van der Waals surface area (Å²) in [6.07, 6.45) is -5.87. The molecule has 0 fully saturated rings. The van der Waals surface area contributed by atoms with E-state index in [9.17, 15) is 9.90 Å². The summed E-state index contributed by atoms with van der Waals surface area (Å²) in [6.45, 7) is -0.699. The number of hydrogen-bond donors (Lipinski definition) is 6. The van der Waals surface area contributed by atoms with E-state index in [2.05, 4.69) is 0 Å². The molecule has 4 atom stereocenters. The molecule has 1 amide bonds. The molecule has 0 spiro atoms. The van der Waals surface area contributed by atoms with Crippen molar-refractivity contribution in [2.45, 2.75) is 31.0 Å². The molecule has 14 heavy (non-hydrogen) atoms. The molecular weight excluding hydrogens is 194 g/mol. The number of amides is 1. The van der Waals surface area contributed by atoms with Crippen LogP contribution < -0.4 is 5.32 Å². The van der Waals surface area contributed by atoms with Crippen LogP contribution in [0, 0.1) is 0 Å². The first kappa shape index (κ1) is 13.3. The molecule has 0 saturated heterocycles. The van der Waals surface area contributed by atoms with Crippen molar-refractivity contribution in [3.63, 3.8) is 0 Å². The van der Waals surface area contributed by atoms with E-state index in [0.29, 0.717) is 0 Å². The average molecular weight is 209 g/mol. The quantitative estimate of drug-likeness (QED) is 0.191.